The summed E-state index contributed by atoms with van der Waals surface area (Å²) in [5, 5.41) is 8.63. The molecule has 2 heteroatoms. The molecule has 2 rings (SSSR count). The van der Waals surface area contributed by atoms with Crippen LogP contribution in [0, 0.1) is 0 Å². The first kappa shape index (κ1) is 14.8. The number of hydrogen-bond donors (Lipinski definition) is 1. The zero-order valence-corrected chi connectivity index (χ0v) is 11.8. The molecule has 0 heterocycles. The molecular weight excluding hydrogens is 260 g/mol. The van der Waals surface area contributed by atoms with E-state index in [9.17, 15) is 4.79 Å². The average Bonchev–Trinajstić information content (AvgIpc) is 2.52. The molecule has 21 heavy (non-hydrogen) atoms. The largest absolute Gasteiger partial charge is 0.481 e. The fraction of sp³-hybridized carbons (Fsp3) is 0.105. The standard InChI is InChI=1S/C19H18O2/c20-19(21)15-9-3-8-14-18(16-10-4-1-5-11-16)17-12-6-2-7-13-17/h1-8,10-14H,9,15H2,(H,20,21). The van der Waals surface area contributed by atoms with Gasteiger partial charge in [-0.25, -0.2) is 0 Å². The SMILES string of the molecule is O=C(O)CCC=CC=C(c1ccccc1)c1ccccc1. The first-order chi connectivity index (χ1) is 10.3. The number of carbonyl (C=O) groups is 1. The van der Waals surface area contributed by atoms with Gasteiger partial charge in [-0.05, 0) is 23.1 Å². The summed E-state index contributed by atoms with van der Waals surface area (Å²) in [7, 11) is 0. The molecule has 0 aliphatic rings. The molecule has 1 N–H and O–H groups in total. The number of aliphatic carboxylic acids is 1. The molecule has 0 radical (unpaired) electrons. The van der Waals surface area contributed by atoms with Gasteiger partial charge >= 0.3 is 5.97 Å². The summed E-state index contributed by atoms with van der Waals surface area (Å²) in [5.74, 6) is -0.769. The van der Waals surface area contributed by atoms with Gasteiger partial charge in [0.15, 0.2) is 0 Å². The Bertz CT molecular complexity index is 584. The van der Waals surface area contributed by atoms with Crippen LogP contribution in [-0.4, -0.2) is 11.1 Å². The van der Waals surface area contributed by atoms with Gasteiger partial charge in [-0.2, -0.15) is 0 Å². The van der Waals surface area contributed by atoms with Crippen molar-refractivity contribution in [3.8, 4) is 0 Å². The second kappa shape index (κ2) is 7.85. The Morgan fingerprint density at radius 3 is 1.90 bits per heavy atom. The van der Waals surface area contributed by atoms with Crippen molar-refractivity contribution in [1.29, 1.82) is 0 Å². The number of hydrogen-bond acceptors (Lipinski definition) is 1. The van der Waals surface area contributed by atoms with Crippen molar-refractivity contribution >= 4 is 11.5 Å². The lowest BCUT2D eigenvalue weighted by molar-refractivity contribution is -0.136. The molecule has 0 spiro atoms. The topological polar surface area (TPSA) is 37.3 Å². The van der Waals surface area contributed by atoms with Crippen molar-refractivity contribution < 1.29 is 9.90 Å². The fourth-order valence-electron chi connectivity index (χ4n) is 2.06. The van der Waals surface area contributed by atoms with E-state index in [0.29, 0.717) is 6.42 Å². The van der Waals surface area contributed by atoms with E-state index in [-0.39, 0.29) is 6.42 Å². The highest BCUT2D eigenvalue weighted by Gasteiger charge is 2.02. The third kappa shape index (κ3) is 4.77. The van der Waals surface area contributed by atoms with E-state index < -0.39 is 5.97 Å². The van der Waals surface area contributed by atoms with Gasteiger partial charge in [0.1, 0.15) is 0 Å². The average molecular weight is 278 g/mol. The molecule has 0 bridgehead atoms. The van der Waals surface area contributed by atoms with E-state index >= 15 is 0 Å². The van der Waals surface area contributed by atoms with E-state index in [4.69, 9.17) is 5.11 Å². The lowest BCUT2D eigenvalue weighted by Gasteiger charge is -2.07. The predicted octanol–water partition coefficient (Wildman–Crippen LogP) is 4.54. The number of carboxylic acids is 1. The molecule has 0 atom stereocenters. The molecular formula is C19H18O2. The highest BCUT2D eigenvalue weighted by Crippen LogP contribution is 2.23. The zero-order chi connectivity index (χ0) is 14.9. The highest BCUT2D eigenvalue weighted by molar-refractivity contribution is 5.80. The Balaban J connectivity index is 2.23. The van der Waals surface area contributed by atoms with Crippen molar-refractivity contribution in [1.82, 2.24) is 0 Å². The van der Waals surface area contributed by atoms with Crippen LogP contribution in [-0.2, 0) is 4.79 Å². The van der Waals surface area contributed by atoms with Crippen LogP contribution in [0.4, 0.5) is 0 Å². The molecule has 0 saturated heterocycles. The van der Waals surface area contributed by atoms with E-state index in [1.165, 1.54) is 0 Å². The normalized spacial score (nSPS) is 10.5. The number of rotatable bonds is 6. The first-order valence-corrected chi connectivity index (χ1v) is 6.97. The molecule has 0 aromatic heterocycles. The minimum atomic E-state index is -0.769. The molecule has 2 aromatic rings. The Kier molecular flexibility index (Phi) is 5.53. The zero-order valence-electron chi connectivity index (χ0n) is 11.8. The van der Waals surface area contributed by atoms with Crippen molar-refractivity contribution in [3.05, 3.63) is 90.0 Å². The first-order valence-electron chi connectivity index (χ1n) is 6.97. The third-order valence-corrected chi connectivity index (χ3v) is 3.09. The van der Waals surface area contributed by atoms with Gasteiger partial charge in [-0.1, -0.05) is 78.9 Å². The van der Waals surface area contributed by atoms with Crippen LogP contribution in [0.5, 0.6) is 0 Å². The molecule has 2 aromatic carbocycles. The van der Waals surface area contributed by atoms with Gasteiger partial charge in [0.2, 0.25) is 0 Å². The van der Waals surface area contributed by atoms with E-state index in [2.05, 4.69) is 24.3 Å². The second-order valence-corrected chi connectivity index (χ2v) is 4.67. The monoisotopic (exact) mass is 278 g/mol. The Labute approximate surface area is 125 Å². The number of benzene rings is 2. The summed E-state index contributed by atoms with van der Waals surface area (Å²) in [4.78, 5) is 10.5. The van der Waals surface area contributed by atoms with Crippen LogP contribution in [0.15, 0.2) is 78.9 Å². The van der Waals surface area contributed by atoms with Crippen LogP contribution in [0.25, 0.3) is 5.57 Å². The van der Waals surface area contributed by atoms with Gasteiger partial charge in [-0.15, -0.1) is 0 Å². The molecule has 0 aliphatic heterocycles. The minimum absolute atomic E-state index is 0.163. The number of allylic oxidation sites excluding steroid dienone is 3. The Morgan fingerprint density at radius 2 is 1.43 bits per heavy atom. The molecule has 2 nitrogen and oxygen atoms in total. The van der Waals surface area contributed by atoms with Crippen molar-refractivity contribution in [2.45, 2.75) is 12.8 Å². The summed E-state index contributed by atoms with van der Waals surface area (Å²) in [6.45, 7) is 0. The second-order valence-electron chi connectivity index (χ2n) is 4.67. The van der Waals surface area contributed by atoms with Gasteiger partial charge in [0, 0.05) is 6.42 Å². The van der Waals surface area contributed by atoms with Gasteiger partial charge in [-0.3, -0.25) is 4.79 Å². The maximum atomic E-state index is 10.5. The van der Waals surface area contributed by atoms with Gasteiger partial charge in [0.25, 0.3) is 0 Å². The number of carboxylic acid groups (broad SMARTS) is 1. The summed E-state index contributed by atoms with van der Waals surface area (Å²) >= 11 is 0. The van der Waals surface area contributed by atoms with Crippen LogP contribution >= 0.6 is 0 Å². The molecule has 0 amide bonds. The van der Waals surface area contributed by atoms with E-state index in [1.54, 1.807) is 0 Å². The van der Waals surface area contributed by atoms with Crippen LogP contribution in [0.1, 0.15) is 24.0 Å². The predicted molar refractivity (Wildman–Crippen MR) is 86.0 cm³/mol. The summed E-state index contributed by atoms with van der Waals surface area (Å²) in [5.41, 5.74) is 3.42. The van der Waals surface area contributed by atoms with Crippen LogP contribution in [0.3, 0.4) is 0 Å². The van der Waals surface area contributed by atoms with E-state index in [1.807, 2.05) is 54.6 Å². The maximum Gasteiger partial charge on any atom is 0.303 e. The molecule has 0 fully saturated rings. The molecule has 0 aliphatic carbocycles. The van der Waals surface area contributed by atoms with Gasteiger partial charge < -0.3 is 5.11 Å². The van der Waals surface area contributed by atoms with Crippen LogP contribution < -0.4 is 0 Å². The van der Waals surface area contributed by atoms with Crippen molar-refractivity contribution in [2.75, 3.05) is 0 Å². The Hall–Kier alpha value is -2.61. The third-order valence-electron chi connectivity index (χ3n) is 3.09. The van der Waals surface area contributed by atoms with Crippen LogP contribution in [0.2, 0.25) is 0 Å². The molecule has 0 unspecified atom stereocenters. The summed E-state index contributed by atoms with van der Waals surface area (Å²) in [6.07, 6.45) is 6.56. The lowest BCUT2D eigenvalue weighted by Crippen LogP contribution is -1.91. The van der Waals surface area contributed by atoms with Crippen molar-refractivity contribution in [3.63, 3.8) is 0 Å². The lowest BCUT2D eigenvalue weighted by atomic mass is 9.97. The van der Waals surface area contributed by atoms with Crippen molar-refractivity contribution in [2.24, 2.45) is 0 Å². The molecule has 0 saturated carbocycles. The quantitative estimate of drug-likeness (QED) is 0.788. The maximum absolute atomic E-state index is 10.5. The smallest absolute Gasteiger partial charge is 0.303 e. The minimum Gasteiger partial charge on any atom is -0.481 e. The summed E-state index contributed by atoms with van der Waals surface area (Å²) < 4.78 is 0. The molecule has 106 valence electrons. The highest BCUT2D eigenvalue weighted by atomic mass is 16.4. The van der Waals surface area contributed by atoms with Gasteiger partial charge in [0.05, 0.1) is 0 Å². The van der Waals surface area contributed by atoms with E-state index in [0.717, 1.165) is 16.7 Å². The summed E-state index contributed by atoms with van der Waals surface area (Å²) in [6, 6.07) is 20.3. The fourth-order valence-corrected chi connectivity index (χ4v) is 2.06. The Morgan fingerprint density at radius 1 is 0.905 bits per heavy atom.